The van der Waals surface area contributed by atoms with Crippen molar-refractivity contribution >= 4 is 29.9 Å². The van der Waals surface area contributed by atoms with Crippen molar-refractivity contribution in [1.29, 1.82) is 0 Å². The van der Waals surface area contributed by atoms with E-state index in [0.717, 1.165) is 19.0 Å². The second-order valence-electron chi connectivity index (χ2n) is 6.24. The molecule has 23 heavy (non-hydrogen) atoms. The smallest absolute Gasteiger partial charge is 0.191 e. The maximum Gasteiger partial charge on any atom is 0.191 e. The molecular weight excluding hydrogens is 401 g/mol. The average Bonchev–Trinajstić information content (AvgIpc) is 2.50. The molecule has 1 aromatic rings. The third kappa shape index (κ3) is 5.95. The fourth-order valence-electron chi connectivity index (χ4n) is 3.01. The van der Waals surface area contributed by atoms with Crippen LogP contribution in [0.1, 0.15) is 43.7 Å². The summed E-state index contributed by atoms with van der Waals surface area (Å²) in [6, 6.07) is 8.45. The van der Waals surface area contributed by atoms with Crippen LogP contribution >= 0.6 is 24.0 Å². The van der Waals surface area contributed by atoms with Gasteiger partial charge in [0.05, 0.1) is 6.61 Å². The summed E-state index contributed by atoms with van der Waals surface area (Å²) in [6.07, 6.45) is 5.29. The molecule has 0 amide bonds. The molecule has 0 spiro atoms. The first-order valence-electron chi connectivity index (χ1n) is 8.22. The van der Waals surface area contributed by atoms with Crippen LogP contribution in [0.4, 0.5) is 0 Å². The highest BCUT2D eigenvalue weighted by molar-refractivity contribution is 14.0. The van der Waals surface area contributed by atoms with Crippen molar-refractivity contribution in [2.24, 2.45) is 10.4 Å². The summed E-state index contributed by atoms with van der Waals surface area (Å²) in [6.45, 7) is 4.74. The first-order valence-corrected chi connectivity index (χ1v) is 8.22. The zero-order valence-corrected chi connectivity index (χ0v) is 16.9. The predicted octanol–water partition coefficient (Wildman–Crippen LogP) is 3.70. The van der Waals surface area contributed by atoms with Crippen LogP contribution in [0.5, 0.6) is 0 Å². The topological polar surface area (TPSA) is 45.7 Å². The number of ether oxygens (including phenoxy) is 1. The molecule has 0 aromatic heterocycles. The number of aliphatic imine (C=N–C) groups is 1. The second kappa shape index (κ2) is 10.1. The standard InChI is InChI=1S/C18H29N3O.HI/c1-4-18(9-6-10-18)14-21-17(19-2)20-12-15-7-5-8-16(11-15)13-22-3;/h5,7-8,11H,4,6,9-10,12-14H2,1-3H3,(H2,19,20,21);1H. The van der Waals surface area contributed by atoms with Gasteiger partial charge >= 0.3 is 0 Å². The van der Waals surface area contributed by atoms with Gasteiger partial charge in [-0.25, -0.2) is 0 Å². The van der Waals surface area contributed by atoms with Crippen LogP contribution in [0.25, 0.3) is 0 Å². The van der Waals surface area contributed by atoms with E-state index in [9.17, 15) is 0 Å². The summed E-state index contributed by atoms with van der Waals surface area (Å²) in [5.41, 5.74) is 2.94. The highest BCUT2D eigenvalue weighted by Crippen LogP contribution is 2.42. The first-order chi connectivity index (χ1) is 10.7. The lowest BCUT2D eigenvalue weighted by molar-refractivity contribution is 0.131. The summed E-state index contributed by atoms with van der Waals surface area (Å²) < 4.78 is 5.18. The van der Waals surface area contributed by atoms with Crippen molar-refractivity contribution in [2.75, 3.05) is 20.7 Å². The number of guanidine groups is 1. The van der Waals surface area contributed by atoms with Crippen molar-refractivity contribution in [3.8, 4) is 0 Å². The van der Waals surface area contributed by atoms with E-state index in [1.54, 1.807) is 7.11 Å². The number of hydrogen-bond acceptors (Lipinski definition) is 2. The van der Waals surface area contributed by atoms with E-state index in [1.807, 2.05) is 7.05 Å². The van der Waals surface area contributed by atoms with Crippen LogP contribution in [0.3, 0.4) is 0 Å². The van der Waals surface area contributed by atoms with Crippen LogP contribution < -0.4 is 10.6 Å². The number of hydrogen-bond donors (Lipinski definition) is 2. The van der Waals surface area contributed by atoms with Crippen LogP contribution in [0.2, 0.25) is 0 Å². The van der Waals surface area contributed by atoms with Crippen LogP contribution in [0, 0.1) is 5.41 Å². The fourth-order valence-corrected chi connectivity index (χ4v) is 3.01. The summed E-state index contributed by atoms with van der Waals surface area (Å²) in [4.78, 5) is 4.33. The molecule has 2 rings (SSSR count). The molecule has 4 nitrogen and oxygen atoms in total. The molecule has 1 fully saturated rings. The maximum absolute atomic E-state index is 5.18. The second-order valence-corrected chi connectivity index (χ2v) is 6.24. The van der Waals surface area contributed by atoms with Gasteiger partial charge in [0.25, 0.3) is 0 Å². The molecule has 1 aliphatic rings. The number of benzene rings is 1. The number of rotatable bonds is 7. The molecule has 0 bridgehead atoms. The third-order valence-corrected chi connectivity index (χ3v) is 4.78. The molecule has 1 aliphatic carbocycles. The van der Waals surface area contributed by atoms with Crippen molar-refractivity contribution in [1.82, 2.24) is 10.6 Å². The summed E-state index contributed by atoms with van der Waals surface area (Å²) in [5, 5.41) is 6.89. The minimum atomic E-state index is 0. The van der Waals surface area contributed by atoms with E-state index >= 15 is 0 Å². The molecule has 0 unspecified atom stereocenters. The molecule has 0 aliphatic heterocycles. The molecular formula is C18H30IN3O. The molecule has 1 saturated carbocycles. The molecule has 130 valence electrons. The fraction of sp³-hybridized carbons (Fsp3) is 0.611. The third-order valence-electron chi connectivity index (χ3n) is 4.78. The lowest BCUT2D eigenvalue weighted by atomic mass is 9.67. The molecule has 1 aromatic carbocycles. The molecule has 2 N–H and O–H groups in total. The van der Waals surface area contributed by atoms with Gasteiger partial charge in [-0.1, -0.05) is 37.6 Å². The van der Waals surface area contributed by atoms with Gasteiger partial charge < -0.3 is 15.4 Å². The Morgan fingerprint density at radius 2 is 2.00 bits per heavy atom. The number of nitrogens with zero attached hydrogens (tertiary/aromatic N) is 1. The predicted molar refractivity (Wildman–Crippen MR) is 107 cm³/mol. The minimum absolute atomic E-state index is 0. The Kier molecular flexibility index (Phi) is 8.91. The zero-order chi connectivity index (χ0) is 15.8. The normalized spacial score (nSPS) is 16.2. The van der Waals surface area contributed by atoms with E-state index in [0.29, 0.717) is 12.0 Å². The minimum Gasteiger partial charge on any atom is -0.380 e. The Morgan fingerprint density at radius 3 is 2.57 bits per heavy atom. The Balaban J connectivity index is 0.00000264. The monoisotopic (exact) mass is 431 g/mol. The largest absolute Gasteiger partial charge is 0.380 e. The van der Waals surface area contributed by atoms with Gasteiger partial charge in [-0.2, -0.15) is 0 Å². The van der Waals surface area contributed by atoms with E-state index in [2.05, 4.69) is 46.8 Å². The Morgan fingerprint density at radius 1 is 1.26 bits per heavy atom. The Hall–Kier alpha value is -0.820. The summed E-state index contributed by atoms with van der Waals surface area (Å²) >= 11 is 0. The van der Waals surface area contributed by atoms with Gasteiger partial charge in [0, 0.05) is 27.2 Å². The molecule has 0 saturated heterocycles. The van der Waals surface area contributed by atoms with Crippen molar-refractivity contribution in [3.63, 3.8) is 0 Å². The van der Waals surface area contributed by atoms with Gasteiger partial charge in [0.1, 0.15) is 0 Å². The van der Waals surface area contributed by atoms with E-state index in [1.165, 1.54) is 36.8 Å². The van der Waals surface area contributed by atoms with Crippen LogP contribution in [-0.4, -0.2) is 26.7 Å². The Bertz CT molecular complexity index is 495. The maximum atomic E-state index is 5.18. The van der Waals surface area contributed by atoms with E-state index < -0.39 is 0 Å². The van der Waals surface area contributed by atoms with Crippen LogP contribution in [0.15, 0.2) is 29.3 Å². The van der Waals surface area contributed by atoms with Gasteiger partial charge in [-0.15, -0.1) is 24.0 Å². The zero-order valence-electron chi connectivity index (χ0n) is 14.5. The van der Waals surface area contributed by atoms with Gasteiger partial charge in [0.15, 0.2) is 5.96 Å². The highest BCUT2D eigenvalue weighted by Gasteiger charge is 2.34. The lowest BCUT2D eigenvalue weighted by Crippen LogP contribution is -2.46. The van der Waals surface area contributed by atoms with Crippen molar-refractivity contribution in [2.45, 2.75) is 45.8 Å². The van der Waals surface area contributed by atoms with E-state index in [4.69, 9.17) is 4.74 Å². The summed E-state index contributed by atoms with van der Waals surface area (Å²) in [7, 11) is 3.55. The van der Waals surface area contributed by atoms with Gasteiger partial charge in [-0.3, -0.25) is 4.99 Å². The quantitative estimate of drug-likeness (QED) is 0.393. The number of nitrogens with one attached hydrogen (secondary N) is 2. The SMILES string of the molecule is CCC1(CNC(=NC)NCc2cccc(COC)c2)CCC1.I. The van der Waals surface area contributed by atoms with Crippen molar-refractivity contribution < 1.29 is 4.74 Å². The van der Waals surface area contributed by atoms with Gasteiger partial charge in [0.2, 0.25) is 0 Å². The van der Waals surface area contributed by atoms with Gasteiger partial charge in [-0.05, 0) is 35.8 Å². The van der Waals surface area contributed by atoms with Crippen molar-refractivity contribution in [3.05, 3.63) is 35.4 Å². The molecule has 0 atom stereocenters. The molecule has 0 heterocycles. The van der Waals surface area contributed by atoms with Crippen LogP contribution in [-0.2, 0) is 17.9 Å². The van der Waals surface area contributed by atoms with E-state index in [-0.39, 0.29) is 24.0 Å². The average molecular weight is 431 g/mol. The Labute approximate surface area is 157 Å². The number of methoxy groups -OCH3 is 1. The lowest BCUT2D eigenvalue weighted by Gasteiger charge is -2.41. The number of halogens is 1. The first kappa shape index (κ1) is 20.2. The molecule has 5 heteroatoms. The molecule has 0 radical (unpaired) electrons. The highest BCUT2D eigenvalue weighted by atomic mass is 127. The summed E-state index contributed by atoms with van der Waals surface area (Å²) in [5.74, 6) is 0.886.